The Morgan fingerprint density at radius 3 is 1.30 bits per heavy atom. The number of benzene rings is 6. The number of ether oxygens (including phenoxy) is 1. The first-order chi connectivity index (χ1) is 27.3. The molecule has 278 valence electrons. The maximum absolute atomic E-state index is 6.13. The van der Waals surface area contributed by atoms with Gasteiger partial charge in [-0.3, -0.25) is 9.98 Å². The lowest BCUT2D eigenvalue weighted by Crippen LogP contribution is -2.06. The molecular formula is C52H49N3O. The fourth-order valence-electron chi connectivity index (χ4n) is 6.54. The third-order valence-electron chi connectivity index (χ3n) is 9.85. The summed E-state index contributed by atoms with van der Waals surface area (Å²) in [6, 6.07) is 55.6. The van der Waals surface area contributed by atoms with Crippen molar-refractivity contribution in [3.63, 3.8) is 0 Å². The van der Waals surface area contributed by atoms with E-state index in [-0.39, 0.29) is 0 Å². The number of aryl methyl sites for hydroxylation is 1. The van der Waals surface area contributed by atoms with Gasteiger partial charge in [-0.1, -0.05) is 144 Å². The minimum atomic E-state index is 0.392. The van der Waals surface area contributed by atoms with Crippen molar-refractivity contribution in [2.75, 3.05) is 6.61 Å². The van der Waals surface area contributed by atoms with Crippen molar-refractivity contribution in [1.82, 2.24) is 4.98 Å². The molecule has 0 bridgehead atoms. The fraction of sp³-hybridized carbons (Fsp3) is 0.173. The SMILES string of the molecule is CCc1ccc(-c2cccc(-c3ccc(N=Cc4cc(OCC(C)C)cc(C=Nc5ccc(-c6cccc(-c7ccc(C(C)C)cc7)c6)cc5)n4)cc3)c2)cc1. The van der Waals surface area contributed by atoms with Crippen LogP contribution < -0.4 is 4.74 Å². The summed E-state index contributed by atoms with van der Waals surface area (Å²) >= 11 is 0. The lowest BCUT2D eigenvalue weighted by Gasteiger charge is -2.10. The third kappa shape index (κ3) is 9.82. The Morgan fingerprint density at radius 2 is 0.911 bits per heavy atom. The van der Waals surface area contributed by atoms with E-state index in [4.69, 9.17) is 19.7 Å². The van der Waals surface area contributed by atoms with Crippen molar-refractivity contribution in [3.8, 4) is 50.3 Å². The smallest absolute Gasteiger partial charge is 0.123 e. The summed E-state index contributed by atoms with van der Waals surface area (Å²) < 4.78 is 6.13. The lowest BCUT2D eigenvalue weighted by atomic mass is 9.96. The molecule has 0 radical (unpaired) electrons. The van der Waals surface area contributed by atoms with E-state index >= 15 is 0 Å². The van der Waals surface area contributed by atoms with Crippen molar-refractivity contribution in [1.29, 1.82) is 0 Å². The molecule has 7 aromatic rings. The van der Waals surface area contributed by atoms with Crippen LogP contribution in [0, 0.1) is 5.92 Å². The first-order valence-electron chi connectivity index (χ1n) is 19.6. The third-order valence-corrected chi connectivity index (χ3v) is 9.85. The zero-order valence-electron chi connectivity index (χ0n) is 33.0. The Morgan fingerprint density at radius 1 is 0.500 bits per heavy atom. The predicted molar refractivity (Wildman–Crippen MR) is 237 cm³/mol. The molecule has 0 aliphatic carbocycles. The van der Waals surface area contributed by atoms with Gasteiger partial charge in [-0.05, 0) is 110 Å². The second-order valence-corrected chi connectivity index (χ2v) is 15.0. The molecule has 6 aromatic carbocycles. The Bertz CT molecular complexity index is 2420. The van der Waals surface area contributed by atoms with Crippen LogP contribution in [0.5, 0.6) is 5.75 Å². The zero-order chi connectivity index (χ0) is 38.9. The highest BCUT2D eigenvalue weighted by Gasteiger charge is 2.07. The molecular weight excluding hydrogens is 683 g/mol. The van der Waals surface area contributed by atoms with Crippen molar-refractivity contribution in [2.24, 2.45) is 15.9 Å². The van der Waals surface area contributed by atoms with Crippen molar-refractivity contribution < 1.29 is 4.74 Å². The van der Waals surface area contributed by atoms with Gasteiger partial charge in [0.1, 0.15) is 5.75 Å². The highest BCUT2D eigenvalue weighted by Crippen LogP contribution is 2.30. The average Bonchev–Trinajstić information content (AvgIpc) is 3.24. The molecule has 4 heteroatoms. The number of aromatic nitrogens is 1. The van der Waals surface area contributed by atoms with E-state index in [2.05, 4.69) is 156 Å². The van der Waals surface area contributed by atoms with Crippen LogP contribution in [0.15, 0.2) is 168 Å². The highest BCUT2D eigenvalue weighted by molar-refractivity contribution is 5.85. The molecule has 0 saturated carbocycles. The monoisotopic (exact) mass is 731 g/mol. The fourth-order valence-corrected chi connectivity index (χ4v) is 6.54. The summed E-state index contributed by atoms with van der Waals surface area (Å²) in [5, 5.41) is 0. The van der Waals surface area contributed by atoms with Gasteiger partial charge in [-0.2, -0.15) is 0 Å². The molecule has 0 unspecified atom stereocenters. The first-order valence-corrected chi connectivity index (χ1v) is 19.6. The lowest BCUT2D eigenvalue weighted by molar-refractivity contribution is 0.270. The number of nitrogens with zero attached hydrogens (tertiary/aromatic N) is 3. The number of rotatable bonds is 13. The summed E-state index contributed by atoms with van der Waals surface area (Å²) in [6.07, 6.45) is 4.62. The molecule has 0 fully saturated rings. The van der Waals surface area contributed by atoms with E-state index in [0.717, 1.165) is 34.7 Å². The maximum Gasteiger partial charge on any atom is 0.123 e. The summed E-state index contributed by atoms with van der Waals surface area (Å²) in [5.74, 6) is 1.65. The molecule has 0 saturated heterocycles. The molecule has 7 rings (SSSR count). The van der Waals surface area contributed by atoms with E-state index in [1.807, 2.05) is 36.4 Å². The summed E-state index contributed by atoms with van der Waals surface area (Å²) in [6.45, 7) is 11.5. The molecule has 0 atom stereocenters. The number of pyridine rings is 1. The minimum Gasteiger partial charge on any atom is -0.493 e. The van der Waals surface area contributed by atoms with Gasteiger partial charge in [0, 0.05) is 12.1 Å². The highest BCUT2D eigenvalue weighted by atomic mass is 16.5. The van der Waals surface area contributed by atoms with Crippen LogP contribution >= 0.6 is 0 Å². The minimum absolute atomic E-state index is 0.392. The standard InChI is InChI=1S/C52H49N3O/c1-6-38-13-15-40(16-14-38)44-9-7-11-46(29-44)42-21-25-48(26-22-42)53-33-50-31-52(56-35-36(2)3)32-51(55-50)34-54-49-27-23-43(24-28-49)47-12-8-10-45(30-47)41-19-17-39(18-20-41)37(4)5/h7-34,36-37H,6,35H2,1-5H3. The summed E-state index contributed by atoms with van der Waals surface area (Å²) in [4.78, 5) is 14.4. The van der Waals surface area contributed by atoms with Gasteiger partial charge in [0.05, 0.1) is 41.8 Å². The second-order valence-electron chi connectivity index (χ2n) is 15.0. The Hall–Kier alpha value is -6.39. The molecule has 56 heavy (non-hydrogen) atoms. The Balaban J connectivity index is 1.05. The van der Waals surface area contributed by atoms with Crippen LogP contribution in [0.1, 0.15) is 63.1 Å². The number of hydrogen-bond donors (Lipinski definition) is 0. The molecule has 0 aliphatic heterocycles. The maximum atomic E-state index is 6.13. The quantitative estimate of drug-likeness (QED) is 0.111. The summed E-state index contributed by atoms with van der Waals surface area (Å²) in [7, 11) is 0. The first kappa shape index (κ1) is 37.9. The topological polar surface area (TPSA) is 46.8 Å². The van der Waals surface area contributed by atoms with Crippen LogP contribution in [0.3, 0.4) is 0 Å². The van der Waals surface area contributed by atoms with Gasteiger partial charge in [0.15, 0.2) is 0 Å². The molecule has 0 N–H and O–H groups in total. The molecule has 4 nitrogen and oxygen atoms in total. The largest absolute Gasteiger partial charge is 0.493 e. The number of hydrogen-bond acceptors (Lipinski definition) is 4. The van der Waals surface area contributed by atoms with Crippen LogP contribution in [0.25, 0.3) is 44.5 Å². The Kier molecular flexibility index (Phi) is 12.1. The molecule has 1 aromatic heterocycles. The van der Waals surface area contributed by atoms with Gasteiger partial charge >= 0.3 is 0 Å². The number of aliphatic imine (C=N–C) groups is 2. The molecule has 0 spiro atoms. The Labute approximate surface area is 332 Å². The van der Waals surface area contributed by atoms with Crippen LogP contribution in [0.4, 0.5) is 11.4 Å². The predicted octanol–water partition coefficient (Wildman–Crippen LogP) is 14.0. The van der Waals surface area contributed by atoms with Crippen molar-refractivity contribution >= 4 is 23.8 Å². The van der Waals surface area contributed by atoms with Crippen LogP contribution in [-0.4, -0.2) is 24.0 Å². The second kappa shape index (κ2) is 17.8. The van der Waals surface area contributed by atoms with Gasteiger partial charge < -0.3 is 4.74 Å². The molecule has 0 amide bonds. The van der Waals surface area contributed by atoms with Crippen molar-refractivity contribution in [3.05, 3.63) is 180 Å². The van der Waals surface area contributed by atoms with Gasteiger partial charge in [-0.25, -0.2) is 4.98 Å². The summed E-state index contributed by atoms with van der Waals surface area (Å²) in [5.41, 5.74) is 15.3. The van der Waals surface area contributed by atoms with Crippen LogP contribution in [-0.2, 0) is 6.42 Å². The molecule has 0 aliphatic rings. The van der Waals surface area contributed by atoms with E-state index in [1.54, 1.807) is 12.4 Å². The normalized spacial score (nSPS) is 11.6. The van der Waals surface area contributed by atoms with Gasteiger partial charge in [0.2, 0.25) is 0 Å². The van der Waals surface area contributed by atoms with E-state index < -0.39 is 0 Å². The van der Waals surface area contributed by atoms with Crippen molar-refractivity contribution in [2.45, 2.75) is 47.0 Å². The zero-order valence-corrected chi connectivity index (χ0v) is 33.0. The van der Waals surface area contributed by atoms with E-state index in [1.165, 1.54) is 44.5 Å². The van der Waals surface area contributed by atoms with Crippen LogP contribution in [0.2, 0.25) is 0 Å². The molecule has 1 heterocycles. The average molecular weight is 732 g/mol. The van der Waals surface area contributed by atoms with Gasteiger partial charge in [-0.15, -0.1) is 0 Å². The van der Waals surface area contributed by atoms with E-state index in [0.29, 0.717) is 29.8 Å². The van der Waals surface area contributed by atoms with Gasteiger partial charge in [0.25, 0.3) is 0 Å². The van der Waals surface area contributed by atoms with E-state index in [9.17, 15) is 0 Å².